The third-order valence-electron chi connectivity index (χ3n) is 3.69. The largest absolute Gasteiger partial charge is 0.481 e. The summed E-state index contributed by atoms with van der Waals surface area (Å²) in [5, 5.41) is 11.6. The van der Waals surface area contributed by atoms with Crippen molar-refractivity contribution < 1.29 is 32.6 Å². The molecular formula is C14H15ClF3N3O4. The van der Waals surface area contributed by atoms with Crippen molar-refractivity contribution in [1.29, 1.82) is 0 Å². The van der Waals surface area contributed by atoms with E-state index in [1.807, 2.05) is 0 Å². The molecule has 2 amide bonds. The van der Waals surface area contributed by atoms with Crippen LogP contribution < -0.4 is 10.1 Å². The van der Waals surface area contributed by atoms with Crippen LogP contribution in [0.4, 0.5) is 18.0 Å². The summed E-state index contributed by atoms with van der Waals surface area (Å²) in [5.74, 6) is -5.16. The number of hydrogen-bond donors (Lipinski definition) is 2. The summed E-state index contributed by atoms with van der Waals surface area (Å²) in [4.78, 5) is 27.6. The lowest BCUT2D eigenvalue weighted by Crippen LogP contribution is -2.41. The van der Waals surface area contributed by atoms with Crippen molar-refractivity contribution in [2.75, 3.05) is 26.2 Å². The summed E-state index contributed by atoms with van der Waals surface area (Å²) in [5.41, 5.74) is 0. The van der Waals surface area contributed by atoms with Crippen LogP contribution in [0.5, 0.6) is 5.88 Å². The molecule has 1 aromatic heterocycles. The number of aliphatic carboxylic acids is 1. The van der Waals surface area contributed by atoms with Crippen molar-refractivity contribution in [3.63, 3.8) is 0 Å². The number of carboxylic acid groups (broad SMARTS) is 1. The standard InChI is InChI=1S/C14H15ClF3N3O4/c15-10-2-1-3-19-11(10)25-5-4-20-13(24)21-6-8(12(22)23)9(7-21)14(16,17)18/h1-3,8-9H,4-7H2,(H,20,24)(H,22,23)/t8-,9-/m1/s1. The molecule has 0 bridgehead atoms. The molecule has 1 aliphatic rings. The Morgan fingerprint density at radius 3 is 2.72 bits per heavy atom. The number of amides is 2. The molecule has 0 aromatic carbocycles. The molecule has 7 nitrogen and oxygen atoms in total. The van der Waals surface area contributed by atoms with Gasteiger partial charge in [-0.2, -0.15) is 13.2 Å². The number of aromatic nitrogens is 1. The van der Waals surface area contributed by atoms with E-state index in [1.165, 1.54) is 6.20 Å². The van der Waals surface area contributed by atoms with Crippen LogP contribution in [0.15, 0.2) is 18.3 Å². The summed E-state index contributed by atoms with van der Waals surface area (Å²) >= 11 is 5.83. The third-order valence-corrected chi connectivity index (χ3v) is 3.97. The molecule has 0 spiro atoms. The molecule has 1 fully saturated rings. The lowest BCUT2D eigenvalue weighted by molar-refractivity contribution is -0.187. The summed E-state index contributed by atoms with van der Waals surface area (Å²) in [6, 6.07) is 2.39. The number of urea groups is 1. The fraction of sp³-hybridized carbons (Fsp3) is 0.500. The van der Waals surface area contributed by atoms with E-state index in [1.54, 1.807) is 12.1 Å². The number of alkyl halides is 3. The Morgan fingerprint density at radius 2 is 2.16 bits per heavy atom. The van der Waals surface area contributed by atoms with Crippen molar-refractivity contribution in [2.24, 2.45) is 11.8 Å². The summed E-state index contributed by atoms with van der Waals surface area (Å²) in [6.07, 6.45) is -3.22. The van der Waals surface area contributed by atoms with Crippen LogP contribution in [0, 0.1) is 11.8 Å². The summed E-state index contributed by atoms with van der Waals surface area (Å²) < 4.78 is 43.9. The van der Waals surface area contributed by atoms with E-state index < -0.39 is 43.1 Å². The summed E-state index contributed by atoms with van der Waals surface area (Å²) in [7, 11) is 0. The molecule has 1 aromatic rings. The topological polar surface area (TPSA) is 91.8 Å². The average Bonchev–Trinajstić information content (AvgIpc) is 2.99. The second-order valence-corrected chi connectivity index (χ2v) is 5.78. The Bertz CT molecular complexity index is 644. The van der Waals surface area contributed by atoms with Gasteiger partial charge in [-0.05, 0) is 12.1 Å². The van der Waals surface area contributed by atoms with E-state index in [-0.39, 0.29) is 24.1 Å². The Labute approximate surface area is 145 Å². The van der Waals surface area contributed by atoms with Crippen LogP contribution in [0.25, 0.3) is 0 Å². The van der Waals surface area contributed by atoms with Gasteiger partial charge in [0.1, 0.15) is 11.6 Å². The van der Waals surface area contributed by atoms with E-state index in [9.17, 15) is 22.8 Å². The Balaban J connectivity index is 1.83. The van der Waals surface area contributed by atoms with E-state index in [2.05, 4.69) is 10.3 Å². The van der Waals surface area contributed by atoms with E-state index in [0.29, 0.717) is 0 Å². The Kier molecular flexibility index (Phi) is 5.93. The first-order valence-corrected chi connectivity index (χ1v) is 7.63. The van der Waals surface area contributed by atoms with Gasteiger partial charge in [-0.1, -0.05) is 11.6 Å². The van der Waals surface area contributed by atoms with Gasteiger partial charge in [0.25, 0.3) is 0 Å². The third kappa shape index (κ3) is 4.88. The molecule has 0 unspecified atom stereocenters. The highest BCUT2D eigenvalue weighted by molar-refractivity contribution is 6.31. The monoisotopic (exact) mass is 381 g/mol. The Morgan fingerprint density at radius 1 is 1.44 bits per heavy atom. The maximum Gasteiger partial charge on any atom is 0.394 e. The van der Waals surface area contributed by atoms with Crippen molar-refractivity contribution >= 4 is 23.6 Å². The van der Waals surface area contributed by atoms with E-state index in [4.69, 9.17) is 21.4 Å². The van der Waals surface area contributed by atoms with Gasteiger partial charge in [0.05, 0.1) is 18.4 Å². The predicted molar refractivity (Wildman–Crippen MR) is 80.4 cm³/mol. The SMILES string of the molecule is O=C(O)[C@@H]1CN(C(=O)NCCOc2ncccc2Cl)C[C@H]1C(F)(F)F. The van der Waals surface area contributed by atoms with Gasteiger partial charge in [-0.25, -0.2) is 9.78 Å². The molecule has 25 heavy (non-hydrogen) atoms. The number of rotatable bonds is 5. The highest BCUT2D eigenvalue weighted by Crippen LogP contribution is 2.37. The van der Waals surface area contributed by atoms with Gasteiger partial charge >= 0.3 is 18.2 Å². The highest BCUT2D eigenvalue weighted by Gasteiger charge is 2.53. The fourth-order valence-electron chi connectivity index (χ4n) is 2.45. The normalized spacial score (nSPS) is 20.4. The molecule has 0 aliphatic carbocycles. The number of carbonyl (C=O) groups excluding carboxylic acids is 1. The van der Waals surface area contributed by atoms with Gasteiger partial charge in [-0.15, -0.1) is 0 Å². The zero-order chi connectivity index (χ0) is 18.6. The zero-order valence-electron chi connectivity index (χ0n) is 12.8. The number of pyridine rings is 1. The minimum absolute atomic E-state index is 0.00136. The van der Waals surface area contributed by atoms with Gasteiger partial charge in [-0.3, -0.25) is 4.79 Å². The first kappa shape index (κ1) is 19.1. The van der Waals surface area contributed by atoms with Crippen molar-refractivity contribution in [2.45, 2.75) is 6.18 Å². The molecule has 11 heteroatoms. The minimum atomic E-state index is -4.68. The van der Waals surface area contributed by atoms with Gasteiger partial charge in [0.2, 0.25) is 5.88 Å². The number of nitrogens with zero attached hydrogens (tertiary/aromatic N) is 2. The number of halogens is 4. The van der Waals surface area contributed by atoms with Crippen LogP contribution in [-0.2, 0) is 4.79 Å². The second-order valence-electron chi connectivity index (χ2n) is 5.37. The highest BCUT2D eigenvalue weighted by atomic mass is 35.5. The number of likely N-dealkylation sites (tertiary alicyclic amines) is 1. The zero-order valence-corrected chi connectivity index (χ0v) is 13.5. The molecule has 138 valence electrons. The van der Waals surface area contributed by atoms with Crippen molar-refractivity contribution in [3.05, 3.63) is 23.4 Å². The number of hydrogen-bond acceptors (Lipinski definition) is 4. The van der Waals surface area contributed by atoms with Crippen molar-refractivity contribution in [3.8, 4) is 5.88 Å². The van der Waals surface area contributed by atoms with Gasteiger partial charge < -0.3 is 20.1 Å². The van der Waals surface area contributed by atoms with E-state index in [0.717, 1.165) is 4.90 Å². The number of nitrogens with one attached hydrogen (secondary N) is 1. The lowest BCUT2D eigenvalue weighted by atomic mass is 9.96. The first-order chi connectivity index (χ1) is 11.7. The molecule has 2 heterocycles. The van der Waals surface area contributed by atoms with Gasteiger partial charge in [0.15, 0.2) is 0 Å². The Hall–Kier alpha value is -2.23. The maximum absolute atomic E-state index is 12.9. The van der Waals surface area contributed by atoms with Crippen LogP contribution in [0.2, 0.25) is 5.02 Å². The lowest BCUT2D eigenvalue weighted by Gasteiger charge is -2.18. The van der Waals surface area contributed by atoms with Crippen LogP contribution >= 0.6 is 11.6 Å². The smallest absolute Gasteiger partial charge is 0.394 e. The molecular weight excluding hydrogens is 367 g/mol. The maximum atomic E-state index is 12.9. The molecule has 1 saturated heterocycles. The second kappa shape index (κ2) is 7.77. The summed E-state index contributed by atoms with van der Waals surface area (Å²) in [6.45, 7) is -1.20. The quantitative estimate of drug-likeness (QED) is 0.761. The van der Waals surface area contributed by atoms with E-state index >= 15 is 0 Å². The molecule has 0 saturated carbocycles. The molecule has 2 rings (SSSR count). The average molecular weight is 382 g/mol. The number of carbonyl (C=O) groups is 2. The first-order valence-electron chi connectivity index (χ1n) is 7.25. The van der Waals surface area contributed by atoms with Crippen LogP contribution in [0.3, 0.4) is 0 Å². The van der Waals surface area contributed by atoms with Crippen LogP contribution in [0.1, 0.15) is 0 Å². The molecule has 0 radical (unpaired) electrons. The predicted octanol–water partition coefficient (Wildman–Crippen LogP) is 2.02. The number of carboxylic acids is 1. The molecule has 1 aliphatic heterocycles. The van der Waals surface area contributed by atoms with Crippen molar-refractivity contribution in [1.82, 2.24) is 15.2 Å². The molecule has 2 N–H and O–H groups in total. The fourth-order valence-corrected chi connectivity index (χ4v) is 2.62. The number of ether oxygens (including phenoxy) is 1. The van der Waals surface area contributed by atoms with Crippen LogP contribution in [-0.4, -0.2) is 59.4 Å². The minimum Gasteiger partial charge on any atom is -0.481 e. The van der Waals surface area contributed by atoms with Gasteiger partial charge in [0, 0.05) is 19.3 Å². The molecule has 2 atom stereocenters.